The number of hydrogen-bond donors (Lipinski definition) is 1. The van der Waals surface area contributed by atoms with E-state index < -0.39 is 0 Å². The highest BCUT2D eigenvalue weighted by atomic mass is 16.1. The van der Waals surface area contributed by atoms with Crippen LogP contribution < -0.4 is 5.32 Å². The fourth-order valence-electron chi connectivity index (χ4n) is 0.999. The molecule has 0 aromatic heterocycles. The third kappa shape index (κ3) is 2.90. The van der Waals surface area contributed by atoms with Gasteiger partial charge in [0.05, 0.1) is 0 Å². The molecule has 2 heteroatoms. The van der Waals surface area contributed by atoms with Gasteiger partial charge in [-0.2, -0.15) is 0 Å². The van der Waals surface area contributed by atoms with Crippen LogP contribution in [0, 0.1) is 0 Å². The predicted molar refractivity (Wildman–Crippen MR) is 53.7 cm³/mol. The molecule has 0 aliphatic heterocycles. The third-order valence-electron chi connectivity index (χ3n) is 2.03. The van der Waals surface area contributed by atoms with Crippen molar-refractivity contribution in [3.63, 3.8) is 0 Å². The van der Waals surface area contributed by atoms with Crippen molar-refractivity contribution < 1.29 is 4.79 Å². The van der Waals surface area contributed by atoms with Crippen LogP contribution in [-0.4, -0.2) is 11.9 Å². The molecule has 0 spiro atoms. The second kappa shape index (κ2) is 4.65. The SMILES string of the molecule is CC[C@H](C)NC(=O)c1ccccc1. The zero-order chi connectivity index (χ0) is 9.68. The van der Waals surface area contributed by atoms with Crippen molar-refractivity contribution in [1.82, 2.24) is 5.32 Å². The van der Waals surface area contributed by atoms with E-state index in [2.05, 4.69) is 12.2 Å². The number of rotatable bonds is 3. The molecular weight excluding hydrogens is 162 g/mol. The van der Waals surface area contributed by atoms with E-state index in [1.165, 1.54) is 0 Å². The molecular formula is C11H15NO. The van der Waals surface area contributed by atoms with E-state index in [1.54, 1.807) is 0 Å². The van der Waals surface area contributed by atoms with E-state index >= 15 is 0 Å². The largest absolute Gasteiger partial charge is 0.350 e. The second-order valence-electron chi connectivity index (χ2n) is 3.15. The van der Waals surface area contributed by atoms with Crippen molar-refractivity contribution in [2.24, 2.45) is 0 Å². The van der Waals surface area contributed by atoms with Gasteiger partial charge in [-0.15, -0.1) is 0 Å². The molecule has 0 aliphatic rings. The monoisotopic (exact) mass is 177 g/mol. The van der Waals surface area contributed by atoms with Crippen LogP contribution in [0.4, 0.5) is 0 Å². The van der Waals surface area contributed by atoms with Gasteiger partial charge in [-0.1, -0.05) is 25.1 Å². The van der Waals surface area contributed by atoms with E-state index in [0.29, 0.717) is 0 Å². The van der Waals surface area contributed by atoms with Crippen LogP contribution in [0.25, 0.3) is 0 Å². The first-order chi connectivity index (χ1) is 6.24. The highest BCUT2D eigenvalue weighted by Gasteiger charge is 2.06. The van der Waals surface area contributed by atoms with E-state index in [0.717, 1.165) is 12.0 Å². The Kier molecular flexibility index (Phi) is 3.50. The van der Waals surface area contributed by atoms with Crippen molar-refractivity contribution in [2.75, 3.05) is 0 Å². The van der Waals surface area contributed by atoms with Gasteiger partial charge in [0.25, 0.3) is 5.91 Å². The second-order valence-corrected chi connectivity index (χ2v) is 3.15. The van der Waals surface area contributed by atoms with Crippen LogP contribution in [0.5, 0.6) is 0 Å². The molecule has 0 saturated heterocycles. The van der Waals surface area contributed by atoms with Crippen molar-refractivity contribution in [3.8, 4) is 0 Å². The molecule has 0 aliphatic carbocycles. The molecule has 0 unspecified atom stereocenters. The van der Waals surface area contributed by atoms with Crippen LogP contribution >= 0.6 is 0 Å². The smallest absolute Gasteiger partial charge is 0.251 e. The quantitative estimate of drug-likeness (QED) is 0.753. The molecule has 13 heavy (non-hydrogen) atoms. The molecule has 1 aromatic carbocycles. The lowest BCUT2D eigenvalue weighted by molar-refractivity contribution is 0.0939. The van der Waals surface area contributed by atoms with Gasteiger partial charge in [-0.05, 0) is 25.5 Å². The van der Waals surface area contributed by atoms with Gasteiger partial charge in [0.2, 0.25) is 0 Å². The molecule has 1 amide bonds. The van der Waals surface area contributed by atoms with Gasteiger partial charge in [-0.25, -0.2) is 0 Å². The van der Waals surface area contributed by atoms with Crippen molar-refractivity contribution >= 4 is 5.91 Å². The number of nitrogens with one attached hydrogen (secondary N) is 1. The van der Waals surface area contributed by atoms with Crippen molar-refractivity contribution in [1.29, 1.82) is 0 Å². The highest BCUT2D eigenvalue weighted by Crippen LogP contribution is 1.99. The maximum absolute atomic E-state index is 11.5. The lowest BCUT2D eigenvalue weighted by Crippen LogP contribution is -2.31. The summed E-state index contributed by atoms with van der Waals surface area (Å²) in [7, 11) is 0. The van der Waals surface area contributed by atoms with E-state index in [-0.39, 0.29) is 11.9 Å². The molecule has 70 valence electrons. The normalized spacial score (nSPS) is 12.2. The maximum atomic E-state index is 11.5. The molecule has 1 rings (SSSR count). The lowest BCUT2D eigenvalue weighted by Gasteiger charge is -2.10. The molecule has 1 aromatic rings. The molecule has 1 N–H and O–H groups in total. The molecule has 2 nitrogen and oxygen atoms in total. The van der Waals surface area contributed by atoms with Gasteiger partial charge < -0.3 is 5.32 Å². The summed E-state index contributed by atoms with van der Waals surface area (Å²) >= 11 is 0. The zero-order valence-electron chi connectivity index (χ0n) is 8.08. The summed E-state index contributed by atoms with van der Waals surface area (Å²) < 4.78 is 0. The van der Waals surface area contributed by atoms with Crippen LogP contribution in [0.3, 0.4) is 0 Å². The number of amides is 1. The fourth-order valence-corrected chi connectivity index (χ4v) is 0.999. The van der Waals surface area contributed by atoms with Gasteiger partial charge in [0.1, 0.15) is 0 Å². The maximum Gasteiger partial charge on any atom is 0.251 e. The summed E-state index contributed by atoms with van der Waals surface area (Å²) in [5, 5.41) is 2.91. The Bertz CT molecular complexity index is 269. The minimum absolute atomic E-state index is 0.00921. The summed E-state index contributed by atoms with van der Waals surface area (Å²) in [6.45, 7) is 4.05. The Morgan fingerprint density at radius 3 is 2.54 bits per heavy atom. The minimum atomic E-state index is 0.00921. The van der Waals surface area contributed by atoms with Gasteiger partial charge in [-0.3, -0.25) is 4.79 Å². The average molecular weight is 177 g/mol. The first-order valence-electron chi connectivity index (χ1n) is 4.60. The highest BCUT2D eigenvalue weighted by molar-refractivity contribution is 5.94. The van der Waals surface area contributed by atoms with Crippen molar-refractivity contribution in [3.05, 3.63) is 35.9 Å². The average Bonchev–Trinajstić information content (AvgIpc) is 2.19. The Morgan fingerprint density at radius 1 is 1.38 bits per heavy atom. The van der Waals surface area contributed by atoms with Crippen LogP contribution in [0.1, 0.15) is 30.6 Å². The van der Waals surface area contributed by atoms with Gasteiger partial charge in [0, 0.05) is 11.6 Å². The first kappa shape index (κ1) is 9.78. The summed E-state index contributed by atoms with van der Waals surface area (Å²) in [5.74, 6) is 0.00921. The van der Waals surface area contributed by atoms with Gasteiger partial charge in [0.15, 0.2) is 0 Å². The summed E-state index contributed by atoms with van der Waals surface area (Å²) in [4.78, 5) is 11.5. The Hall–Kier alpha value is -1.31. The predicted octanol–water partition coefficient (Wildman–Crippen LogP) is 2.21. The van der Waals surface area contributed by atoms with E-state index in [9.17, 15) is 4.79 Å². The number of carbonyl (C=O) groups excluding carboxylic acids is 1. The van der Waals surface area contributed by atoms with Crippen LogP contribution in [0.2, 0.25) is 0 Å². The molecule has 0 bridgehead atoms. The van der Waals surface area contributed by atoms with Crippen LogP contribution in [-0.2, 0) is 0 Å². The number of benzene rings is 1. The molecule has 0 radical (unpaired) electrons. The van der Waals surface area contributed by atoms with E-state index in [1.807, 2.05) is 37.3 Å². The third-order valence-corrected chi connectivity index (χ3v) is 2.03. The Balaban J connectivity index is 2.59. The summed E-state index contributed by atoms with van der Waals surface area (Å²) in [6, 6.07) is 9.51. The van der Waals surface area contributed by atoms with Crippen LogP contribution in [0.15, 0.2) is 30.3 Å². The Labute approximate surface area is 79.0 Å². The standard InChI is InChI=1S/C11H15NO/c1-3-9(2)12-11(13)10-7-5-4-6-8-10/h4-9H,3H2,1-2H3,(H,12,13)/t9-/m0/s1. The first-order valence-corrected chi connectivity index (χ1v) is 4.60. The number of carbonyl (C=O) groups is 1. The summed E-state index contributed by atoms with van der Waals surface area (Å²) in [5.41, 5.74) is 0.725. The molecule has 1 atom stereocenters. The Morgan fingerprint density at radius 2 is 2.00 bits per heavy atom. The molecule has 0 fully saturated rings. The fraction of sp³-hybridized carbons (Fsp3) is 0.364. The summed E-state index contributed by atoms with van der Waals surface area (Å²) in [6.07, 6.45) is 0.957. The van der Waals surface area contributed by atoms with Crippen molar-refractivity contribution in [2.45, 2.75) is 26.3 Å². The topological polar surface area (TPSA) is 29.1 Å². The molecule has 0 heterocycles. The zero-order valence-corrected chi connectivity index (χ0v) is 8.08. The van der Waals surface area contributed by atoms with E-state index in [4.69, 9.17) is 0 Å². The lowest BCUT2D eigenvalue weighted by atomic mass is 10.2. The van der Waals surface area contributed by atoms with Gasteiger partial charge >= 0.3 is 0 Å². The minimum Gasteiger partial charge on any atom is -0.350 e. The molecule has 0 saturated carbocycles. The number of hydrogen-bond acceptors (Lipinski definition) is 1.